The quantitative estimate of drug-likeness (QED) is 0.810. The second kappa shape index (κ2) is 7.43. The Labute approximate surface area is 124 Å². The van der Waals surface area contributed by atoms with Crippen molar-refractivity contribution in [3.8, 4) is 6.07 Å². The summed E-state index contributed by atoms with van der Waals surface area (Å²) in [5, 5.41) is 13.1. The number of nitrogens with one attached hydrogen (secondary N) is 1. The molecule has 0 aromatic heterocycles. The van der Waals surface area contributed by atoms with E-state index in [-0.39, 0.29) is 5.54 Å². The van der Waals surface area contributed by atoms with E-state index in [2.05, 4.69) is 30.1 Å². The molecular formula is C17H31N3. The van der Waals surface area contributed by atoms with Gasteiger partial charge in [-0.3, -0.25) is 5.32 Å². The van der Waals surface area contributed by atoms with Gasteiger partial charge in [0.05, 0.1) is 6.07 Å². The van der Waals surface area contributed by atoms with Crippen LogP contribution in [0.25, 0.3) is 0 Å². The van der Waals surface area contributed by atoms with Crippen LogP contribution in [0.3, 0.4) is 0 Å². The van der Waals surface area contributed by atoms with Gasteiger partial charge < -0.3 is 4.90 Å². The zero-order valence-corrected chi connectivity index (χ0v) is 13.3. The van der Waals surface area contributed by atoms with Gasteiger partial charge in [-0.05, 0) is 63.6 Å². The van der Waals surface area contributed by atoms with Gasteiger partial charge in [-0.1, -0.05) is 26.7 Å². The minimum atomic E-state index is -0.227. The van der Waals surface area contributed by atoms with Crippen LogP contribution in [0.2, 0.25) is 0 Å². The zero-order chi connectivity index (χ0) is 14.4. The van der Waals surface area contributed by atoms with Crippen LogP contribution < -0.4 is 5.32 Å². The third-order valence-corrected chi connectivity index (χ3v) is 5.49. The minimum Gasteiger partial charge on any atom is -0.303 e. The van der Waals surface area contributed by atoms with Crippen molar-refractivity contribution >= 4 is 0 Å². The number of hydrogen-bond acceptors (Lipinski definition) is 3. The number of hydrogen-bond donors (Lipinski definition) is 1. The Kier molecular flexibility index (Phi) is 5.86. The fourth-order valence-corrected chi connectivity index (χ4v) is 4.23. The molecule has 2 rings (SSSR count). The first-order valence-electron chi connectivity index (χ1n) is 8.62. The highest BCUT2D eigenvalue weighted by atomic mass is 15.1. The van der Waals surface area contributed by atoms with Gasteiger partial charge in [0.1, 0.15) is 5.54 Å². The van der Waals surface area contributed by atoms with Crippen LogP contribution in [-0.4, -0.2) is 36.6 Å². The van der Waals surface area contributed by atoms with E-state index in [0.29, 0.717) is 5.92 Å². The Bertz CT molecular complexity index is 336. The van der Waals surface area contributed by atoms with Crippen molar-refractivity contribution in [1.82, 2.24) is 10.2 Å². The van der Waals surface area contributed by atoms with Crippen molar-refractivity contribution in [2.75, 3.05) is 26.2 Å². The number of nitriles is 1. The van der Waals surface area contributed by atoms with E-state index < -0.39 is 0 Å². The molecular weight excluding hydrogens is 246 g/mol. The fourth-order valence-electron chi connectivity index (χ4n) is 4.23. The van der Waals surface area contributed by atoms with E-state index in [1.807, 2.05) is 0 Å². The van der Waals surface area contributed by atoms with E-state index in [0.717, 1.165) is 18.9 Å². The Hall–Kier alpha value is -0.590. The monoisotopic (exact) mass is 277 g/mol. The molecule has 3 atom stereocenters. The summed E-state index contributed by atoms with van der Waals surface area (Å²) in [5.74, 6) is 1.45. The largest absolute Gasteiger partial charge is 0.303 e. The summed E-state index contributed by atoms with van der Waals surface area (Å²) in [7, 11) is 0. The minimum absolute atomic E-state index is 0.227. The van der Waals surface area contributed by atoms with E-state index in [1.54, 1.807) is 0 Å². The van der Waals surface area contributed by atoms with Crippen molar-refractivity contribution < 1.29 is 0 Å². The lowest BCUT2D eigenvalue weighted by atomic mass is 9.85. The van der Waals surface area contributed by atoms with Crippen LogP contribution in [0.15, 0.2) is 0 Å². The molecule has 1 aliphatic carbocycles. The molecule has 3 nitrogen and oxygen atoms in total. The third-order valence-electron chi connectivity index (χ3n) is 5.49. The summed E-state index contributed by atoms with van der Waals surface area (Å²) in [6.45, 7) is 9.08. The van der Waals surface area contributed by atoms with Crippen LogP contribution in [0.1, 0.15) is 58.8 Å². The molecule has 1 saturated heterocycles. The van der Waals surface area contributed by atoms with Crippen molar-refractivity contribution in [1.29, 1.82) is 5.26 Å². The molecule has 0 amide bonds. The van der Waals surface area contributed by atoms with E-state index in [4.69, 9.17) is 0 Å². The highest BCUT2D eigenvalue weighted by Gasteiger charge is 2.42. The highest BCUT2D eigenvalue weighted by Crippen LogP contribution is 2.37. The van der Waals surface area contributed by atoms with Crippen molar-refractivity contribution in [3.63, 3.8) is 0 Å². The molecule has 2 fully saturated rings. The van der Waals surface area contributed by atoms with Crippen LogP contribution in [-0.2, 0) is 0 Å². The van der Waals surface area contributed by atoms with Crippen molar-refractivity contribution in [2.24, 2.45) is 11.8 Å². The van der Waals surface area contributed by atoms with Gasteiger partial charge >= 0.3 is 0 Å². The summed E-state index contributed by atoms with van der Waals surface area (Å²) in [6, 6.07) is 2.61. The maximum Gasteiger partial charge on any atom is 0.109 e. The van der Waals surface area contributed by atoms with Gasteiger partial charge in [-0.15, -0.1) is 0 Å². The summed E-state index contributed by atoms with van der Waals surface area (Å²) < 4.78 is 0. The molecule has 1 aliphatic heterocycles. The molecule has 0 aromatic carbocycles. The molecule has 114 valence electrons. The van der Waals surface area contributed by atoms with E-state index in [1.165, 1.54) is 58.2 Å². The SMILES string of the molecule is CCNC1(C#N)CCCC1CCN1CCCC(CC)C1. The summed E-state index contributed by atoms with van der Waals surface area (Å²) in [5.41, 5.74) is -0.227. The van der Waals surface area contributed by atoms with Crippen LogP contribution >= 0.6 is 0 Å². The van der Waals surface area contributed by atoms with Gasteiger partial charge in [-0.25, -0.2) is 0 Å². The summed E-state index contributed by atoms with van der Waals surface area (Å²) in [4.78, 5) is 2.64. The first-order chi connectivity index (χ1) is 9.74. The first-order valence-corrected chi connectivity index (χ1v) is 8.62. The standard InChI is InChI=1S/C17H31N3/c1-3-15-7-6-11-20(13-15)12-9-16-8-5-10-17(16,14-18)19-4-2/h15-16,19H,3-13H2,1-2H3. The van der Waals surface area contributed by atoms with Gasteiger partial charge in [0.2, 0.25) is 0 Å². The number of rotatable bonds is 6. The lowest BCUT2D eigenvalue weighted by Crippen LogP contribution is -2.48. The summed E-state index contributed by atoms with van der Waals surface area (Å²) in [6.07, 6.45) is 8.76. The molecule has 0 spiro atoms. The molecule has 0 radical (unpaired) electrons. The molecule has 0 aromatic rings. The lowest BCUT2D eigenvalue weighted by Gasteiger charge is -2.35. The Morgan fingerprint density at radius 3 is 2.85 bits per heavy atom. The molecule has 1 heterocycles. The third kappa shape index (κ3) is 3.54. The summed E-state index contributed by atoms with van der Waals surface area (Å²) >= 11 is 0. The van der Waals surface area contributed by atoms with Gasteiger partial charge in [0, 0.05) is 6.54 Å². The number of likely N-dealkylation sites (tertiary alicyclic amines) is 1. The second-order valence-corrected chi connectivity index (χ2v) is 6.71. The normalized spacial score (nSPS) is 35.0. The molecule has 1 saturated carbocycles. The maximum atomic E-state index is 9.61. The fraction of sp³-hybridized carbons (Fsp3) is 0.941. The van der Waals surface area contributed by atoms with Crippen LogP contribution in [0, 0.1) is 23.2 Å². The maximum absolute atomic E-state index is 9.61. The smallest absolute Gasteiger partial charge is 0.109 e. The molecule has 3 heteroatoms. The Morgan fingerprint density at radius 1 is 1.30 bits per heavy atom. The van der Waals surface area contributed by atoms with E-state index in [9.17, 15) is 5.26 Å². The Balaban J connectivity index is 1.85. The lowest BCUT2D eigenvalue weighted by molar-refractivity contribution is 0.154. The second-order valence-electron chi connectivity index (χ2n) is 6.71. The van der Waals surface area contributed by atoms with Crippen molar-refractivity contribution in [2.45, 2.75) is 64.3 Å². The predicted octanol–water partition coefficient (Wildman–Crippen LogP) is 3.17. The Morgan fingerprint density at radius 2 is 2.15 bits per heavy atom. The van der Waals surface area contributed by atoms with Gasteiger partial charge in [-0.2, -0.15) is 5.26 Å². The first kappa shape index (κ1) is 15.8. The molecule has 0 bridgehead atoms. The van der Waals surface area contributed by atoms with Gasteiger partial charge in [0.15, 0.2) is 0 Å². The molecule has 3 unspecified atom stereocenters. The average molecular weight is 277 g/mol. The average Bonchev–Trinajstić information content (AvgIpc) is 2.89. The highest BCUT2D eigenvalue weighted by molar-refractivity contribution is 5.14. The van der Waals surface area contributed by atoms with E-state index >= 15 is 0 Å². The molecule has 1 N–H and O–H groups in total. The van der Waals surface area contributed by atoms with Crippen LogP contribution in [0.5, 0.6) is 0 Å². The number of nitrogens with zero attached hydrogens (tertiary/aromatic N) is 2. The van der Waals surface area contributed by atoms with Gasteiger partial charge in [0.25, 0.3) is 0 Å². The topological polar surface area (TPSA) is 39.1 Å². The zero-order valence-electron chi connectivity index (χ0n) is 13.3. The van der Waals surface area contributed by atoms with Crippen LogP contribution in [0.4, 0.5) is 0 Å². The molecule has 20 heavy (non-hydrogen) atoms. The molecule has 2 aliphatic rings. The van der Waals surface area contributed by atoms with Crippen molar-refractivity contribution in [3.05, 3.63) is 0 Å². The predicted molar refractivity (Wildman–Crippen MR) is 83.4 cm³/mol. The number of piperidine rings is 1.